The summed E-state index contributed by atoms with van der Waals surface area (Å²) in [5, 5.41) is 16.9. The number of H-pyrrole nitrogens is 1. The van der Waals surface area contributed by atoms with Gasteiger partial charge in [-0.2, -0.15) is 0 Å². The Morgan fingerprint density at radius 2 is 1.83 bits per heavy atom. The number of ether oxygens (including phenoxy) is 2. The van der Waals surface area contributed by atoms with E-state index in [2.05, 4.69) is 15.2 Å². The summed E-state index contributed by atoms with van der Waals surface area (Å²) in [5.41, 5.74) is 3.61. The van der Waals surface area contributed by atoms with Gasteiger partial charge in [-0.05, 0) is 55.4 Å². The lowest BCUT2D eigenvalue weighted by molar-refractivity contribution is -0.131. The minimum atomic E-state index is -1.04. The number of aromatic nitrogens is 4. The summed E-state index contributed by atoms with van der Waals surface area (Å²) in [4.78, 5) is 16.3. The van der Waals surface area contributed by atoms with Gasteiger partial charge in [0.1, 0.15) is 16.4 Å². The lowest BCUT2D eigenvalue weighted by atomic mass is 10.2. The average molecular weight is 414 g/mol. The zero-order valence-corrected chi connectivity index (χ0v) is 17.6. The Morgan fingerprint density at radius 3 is 2.34 bits per heavy atom. The van der Waals surface area contributed by atoms with Crippen molar-refractivity contribution < 1.29 is 19.4 Å². The van der Waals surface area contributed by atoms with Gasteiger partial charge in [-0.15, -0.1) is 5.10 Å². The number of aryl methyl sites for hydroxylation is 1. The molecule has 0 amide bonds. The molecule has 0 aliphatic heterocycles. The SMILES string of the molecule is COc1cc(OC)cc(-c2nc(S/C(=C\c3cc(C)n(C)c3C)C(=O)O)n[nH]2)c1. The van der Waals surface area contributed by atoms with Gasteiger partial charge >= 0.3 is 5.97 Å². The van der Waals surface area contributed by atoms with E-state index >= 15 is 0 Å². The molecule has 2 heterocycles. The maximum atomic E-state index is 11.8. The molecule has 2 N–H and O–H groups in total. The number of rotatable bonds is 7. The molecule has 0 spiro atoms. The number of carboxylic acids is 1. The first-order valence-corrected chi connectivity index (χ1v) is 9.55. The van der Waals surface area contributed by atoms with E-state index < -0.39 is 5.97 Å². The first-order valence-electron chi connectivity index (χ1n) is 8.74. The lowest BCUT2D eigenvalue weighted by Crippen LogP contribution is -1.98. The van der Waals surface area contributed by atoms with E-state index in [1.54, 1.807) is 38.5 Å². The highest BCUT2D eigenvalue weighted by Crippen LogP contribution is 2.31. The number of nitrogens with zero attached hydrogens (tertiary/aromatic N) is 3. The van der Waals surface area contributed by atoms with Crippen molar-refractivity contribution in [2.24, 2.45) is 7.05 Å². The quantitative estimate of drug-likeness (QED) is 0.449. The van der Waals surface area contributed by atoms with Gasteiger partial charge in [0.15, 0.2) is 5.82 Å². The van der Waals surface area contributed by atoms with Crippen LogP contribution in [0.2, 0.25) is 0 Å². The van der Waals surface area contributed by atoms with Crippen LogP contribution in [0.25, 0.3) is 17.5 Å². The topological polar surface area (TPSA) is 102 Å². The normalized spacial score (nSPS) is 11.6. The summed E-state index contributed by atoms with van der Waals surface area (Å²) >= 11 is 0.987. The van der Waals surface area contributed by atoms with Crippen molar-refractivity contribution in [3.8, 4) is 22.9 Å². The van der Waals surface area contributed by atoms with E-state index in [0.29, 0.717) is 22.5 Å². The fraction of sp³-hybridized carbons (Fsp3) is 0.250. The highest BCUT2D eigenvalue weighted by molar-refractivity contribution is 8.04. The number of aromatic amines is 1. The van der Waals surface area contributed by atoms with Crippen molar-refractivity contribution in [3.63, 3.8) is 0 Å². The Labute approximate surface area is 172 Å². The zero-order valence-electron chi connectivity index (χ0n) is 16.8. The van der Waals surface area contributed by atoms with Crippen molar-refractivity contribution in [3.05, 3.63) is 46.1 Å². The fourth-order valence-corrected chi connectivity index (χ4v) is 3.47. The third kappa shape index (κ3) is 4.45. The molecule has 3 aromatic rings. The molecule has 0 saturated heterocycles. The standard InChI is InChI=1S/C20H22N4O4S/c1-11-6-13(12(2)24(11)3)9-17(19(25)26)29-20-21-18(22-23-20)14-7-15(27-4)10-16(8-14)28-5/h6-10H,1-5H3,(H,25,26)(H,21,22,23)/b17-9-. The largest absolute Gasteiger partial charge is 0.497 e. The number of nitrogens with one attached hydrogen (secondary N) is 1. The first-order chi connectivity index (χ1) is 13.8. The number of carboxylic acid groups (broad SMARTS) is 1. The molecule has 0 radical (unpaired) electrons. The molecule has 0 fully saturated rings. The molecule has 3 rings (SSSR count). The molecule has 0 unspecified atom stereocenters. The Balaban J connectivity index is 1.90. The maximum Gasteiger partial charge on any atom is 0.342 e. The zero-order chi connectivity index (χ0) is 21.1. The van der Waals surface area contributed by atoms with Crippen LogP contribution in [-0.2, 0) is 11.8 Å². The van der Waals surface area contributed by atoms with Crippen LogP contribution in [0.5, 0.6) is 11.5 Å². The number of methoxy groups -OCH3 is 2. The molecule has 8 nitrogen and oxygen atoms in total. The van der Waals surface area contributed by atoms with Gasteiger partial charge in [-0.25, -0.2) is 9.78 Å². The third-order valence-corrected chi connectivity index (χ3v) is 5.48. The van der Waals surface area contributed by atoms with E-state index in [1.165, 1.54) is 0 Å². The second kappa shape index (κ2) is 8.44. The van der Waals surface area contributed by atoms with Crippen LogP contribution in [0.3, 0.4) is 0 Å². The molecule has 0 atom stereocenters. The van der Waals surface area contributed by atoms with Crippen molar-refractivity contribution >= 4 is 23.8 Å². The van der Waals surface area contributed by atoms with Gasteiger partial charge in [0.05, 0.1) is 14.2 Å². The van der Waals surface area contributed by atoms with Crippen molar-refractivity contribution in [2.75, 3.05) is 14.2 Å². The molecular weight excluding hydrogens is 392 g/mol. The van der Waals surface area contributed by atoms with Crippen LogP contribution < -0.4 is 9.47 Å². The van der Waals surface area contributed by atoms with Gasteiger partial charge in [0, 0.05) is 30.1 Å². The molecule has 0 aliphatic carbocycles. The average Bonchev–Trinajstić information content (AvgIpc) is 3.27. The van der Waals surface area contributed by atoms with Crippen LogP contribution in [-0.4, -0.2) is 45.0 Å². The Bertz CT molecular complexity index is 1060. The number of hydrogen-bond donors (Lipinski definition) is 2. The number of thioether (sulfide) groups is 1. The minimum Gasteiger partial charge on any atom is -0.497 e. The van der Waals surface area contributed by atoms with Crippen LogP contribution in [0.1, 0.15) is 17.0 Å². The highest BCUT2D eigenvalue weighted by Gasteiger charge is 2.16. The summed E-state index contributed by atoms with van der Waals surface area (Å²) < 4.78 is 12.6. The molecule has 1 aromatic carbocycles. The lowest BCUT2D eigenvalue weighted by Gasteiger charge is -2.06. The monoisotopic (exact) mass is 414 g/mol. The van der Waals surface area contributed by atoms with Crippen LogP contribution in [0.4, 0.5) is 0 Å². The second-order valence-corrected chi connectivity index (χ2v) is 7.38. The summed E-state index contributed by atoms with van der Waals surface area (Å²) in [6.07, 6.45) is 1.64. The van der Waals surface area contributed by atoms with Crippen molar-refractivity contribution in [1.82, 2.24) is 19.7 Å². The number of carbonyl (C=O) groups is 1. The van der Waals surface area contributed by atoms with Gasteiger partial charge in [-0.3, -0.25) is 5.10 Å². The summed E-state index contributed by atoms with van der Waals surface area (Å²) in [5.74, 6) is 0.684. The third-order valence-electron chi connectivity index (χ3n) is 4.60. The Hall–Kier alpha value is -3.20. The number of aliphatic carboxylic acids is 1. The van der Waals surface area contributed by atoms with E-state index in [1.807, 2.05) is 31.5 Å². The predicted octanol–water partition coefficient (Wildman–Crippen LogP) is 3.66. The molecule has 152 valence electrons. The van der Waals surface area contributed by atoms with E-state index in [4.69, 9.17) is 9.47 Å². The minimum absolute atomic E-state index is 0.132. The van der Waals surface area contributed by atoms with Crippen LogP contribution in [0.15, 0.2) is 34.3 Å². The Kier molecular flexibility index (Phi) is 5.97. The smallest absolute Gasteiger partial charge is 0.342 e. The number of benzene rings is 1. The predicted molar refractivity (Wildman–Crippen MR) is 111 cm³/mol. The van der Waals surface area contributed by atoms with Crippen LogP contribution >= 0.6 is 11.8 Å². The first kappa shape index (κ1) is 20.5. The highest BCUT2D eigenvalue weighted by atomic mass is 32.2. The summed E-state index contributed by atoms with van der Waals surface area (Å²) in [7, 11) is 5.08. The van der Waals surface area contributed by atoms with Crippen molar-refractivity contribution in [2.45, 2.75) is 19.0 Å². The summed E-state index contributed by atoms with van der Waals surface area (Å²) in [6.45, 7) is 3.92. The van der Waals surface area contributed by atoms with Gasteiger partial charge < -0.3 is 19.1 Å². The molecule has 2 aromatic heterocycles. The number of hydrogen-bond acceptors (Lipinski definition) is 6. The molecule has 0 bridgehead atoms. The van der Waals surface area contributed by atoms with Gasteiger partial charge in [0.25, 0.3) is 0 Å². The molecule has 0 saturated carbocycles. The molecule has 9 heteroatoms. The summed E-state index contributed by atoms with van der Waals surface area (Å²) in [6, 6.07) is 7.29. The fourth-order valence-electron chi connectivity index (χ4n) is 2.77. The maximum absolute atomic E-state index is 11.8. The van der Waals surface area contributed by atoms with E-state index in [9.17, 15) is 9.90 Å². The second-order valence-electron chi connectivity index (χ2n) is 6.37. The molecular formula is C20H22N4O4S. The van der Waals surface area contributed by atoms with Crippen molar-refractivity contribution in [1.29, 1.82) is 0 Å². The Morgan fingerprint density at radius 1 is 1.17 bits per heavy atom. The van der Waals surface area contributed by atoms with Gasteiger partial charge in [0.2, 0.25) is 5.16 Å². The van der Waals surface area contributed by atoms with E-state index in [-0.39, 0.29) is 4.91 Å². The van der Waals surface area contributed by atoms with Crippen LogP contribution in [0, 0.1) is 13.8 Å². The van der Waals surface area contributed by atoms with Gasteiger partial charge in [-0.1, -0.05) is 0 Å². The molecule has 29 heavy (non-hydrogen) atoms. The molecule has 0 aliphatic rings. The van der Waals surface area contributed by atoms with E-state index in [0.717, 1.165) is 34.3 Å².